The second-order valence-electron chi connectivity index (χ2n) is 9.43. The van der Waals surface area contributed by atoms with Crippen LogP contribution in [0.15, 0.2) is 71.7 Å². The van der Waals surface area contributed by atoms with E-state index >= 15 is 0 Å². The second-order valence-corrected chi connectivity index (χ2v) is 11.0. The predicted octanol–water partition coefficient (Wildman–Crippen LogP) is 5.36. The van der Waals surface area contributed by atoms with Crippen molar-refractivity contribution in [3.05, 3.63) is 104 Å². The third-order valence-electron chi connectivity index (χ3n) is 7.03. The fraction of sp³-hybridized carbons (Fsp3) is 0.310. The smallest absolute Gasteiger partial charge is 0.257 e. The Bertz CT molecular complexity index is 1450. The zero-order chi connectivity index (χ0) is 25.9. The van der Waals surface area contributed by atoms with E-state index in [2.05, 4.69) is 10.2 Å². The molecular weight excluding hydrogens is 506 g/mol. The Morgan fingerprint density at radius 1 is 1.19 bits per heavy atom. The third kappa shape index (κ3) is 5.50. The lowest BCUT2D eigenvalue weighted by Gasteiger charge is -2.28. The summed E-state index contributed by atoms with van der Waals surface area (Å²) < 4.78 is 1.97. The maximum Gasteiger partial charge on any atom is 0.257 e. The SMILES string of the molecule is CCn1cc(C(=O)NCc2ccc(Cl)cc2)c(=O)c2cc(CN3CCC[C@@H]3C(O)c3ccccc3)sc21. The summed E-state index contributed by atoms with van der Waals surface area (Å²) in [5.41, 5.74) is 1.73. The van der Waals surface area contributed by atoms with Crippen molar-refractivity contribution in [3.8, 4) is 0 Å². The zero-order valence-corrected chi connectivity index (χ0v) is 22.3. The van der Waals surface area contributed by atoms with Crippen molar-refractivity contribution < 1.29 is 9.90 Å². The zero-order valence-electron chi connectivity index (χ0n) is 20.7. The van der Waals surface area contributed by atoms with Gasteiger partial charge in [0.25, 0.3) is 5.91 Å². The maximum absolute atomic E-state index is 13.4. The molecule has 0 aliphatic carbocycles. The quantitative estimate of drug-likeness (QED) is 0.318. The van der Waals surface area contributed by atoms with Crippen molar-refractivity contribution in [1.82, 2.24) is 14.8 Å². The van der Waals surface area contributed by atoms with Crippen LogP contribution in [-0.4, -0.2) is 33.1 Å². The number of nitrogens with zero attached hydrogens (tertiary/aromatic N) is 2. The number of hydrogen-bond acceptors (Lipinski definition) is 5. The highest BCUT2D eigenvalue weighted by molar-refractivity contribution is 7.18. The molecule has 1 saturated heterocycles. The van der Waals surface area contributed by atoms with Gasteiger partial charge in [-0.1, -0.05) is 54.1 Å². The van der Waals surface area contributed by atoms with E-state index in [1.54, 1.807) is 29.7 Å². The Morgan fingerprint density at radius 3 is 2.68 bits per heavy atom. The van der Waals surface area contributed by atoms with Gasteiger partial charge in [-0.05, 0) is 55.6 Å². The van der Waals surface area contributed by atoms with Crippen molar-refractivity contribution in [1.29, 1.82) is 0 Å². The van der Waals surface area contributed by atoms with E-state index in [1.807, 2.05) is 60.0 Å². The Kier molecular flexibility index (Phi) is 7.76. The molecule has 1 aliphatic rings. The van der Waals surface area contributed by atoms with Crippen molar-refractivity contribution in [2.75, 3.05) is 6.54 Å². The van der Waals surface area contributed by atoms with Crippen LogP contribution in [0.25, 0.3) is 10.2 Å². The molecule has 0 radical (unpaired) electrons. The lowest BCUT2D eigenvalue weighted by Crippen LogP contribution is -2.33. The van der Waals surface area contributed by atoms with Gasteiger partial charge in [-0.15, -0.1) is 11.3 Å². The van der Waals surface area contributed by atoms with E-state index in [-0.39, 0.29) is 22.9 Å². The number of hydrogen-bond donors (Lipinski definition) is 2. The van der Waals surface area contributed by atoms with E-state index in [1.165, 1.54) is 0 Å². The summed E-state index contributed by atoms with van der Waals surface area (Å²) in [6, 6.07) is 19.0. The standard InChI is InChI=1S/C29H30ClN3O3S/c1-2-32-18-24(28(36)31-16-19-10-12-21(30)13-11-19)27(35)23-15-22(37-29(23)32)17-33-14-6-9-25(33)26(34)20-7-4-3-5-8-20/h3-5,7-8,10-13,15,18,25-26,34H,2,6,9,14,16-17H2,1H3,(H,31,36)/t25-,26?/m1/s1. The van der Waals surface area contributed by atoms with E-state index in [0.29, 0.717) is 30.0 Å². The number of benzene rings is 2. The number of aryl methyl sites for hydroxylation is 1. The van der Waals surface area contributed by atoms with Gasteiger partial charge in [-0.3, -0.25) is 14.5 Å². The van der Waals surface area contributed by atoms with Gasteiger partial charge in [-0.25, -0.2) is 0 Å². The molecule has 1 unspecified atom stereocenters. The first-order chi connectivity index (χ1) is 17.9. The van der Waals surface area contributed by atoms with E-state index in [9.17, 15) is 14.7 Å². The van der Waals surface area contributed by atoms with Gasteiger partial charge >= 0.3 is 0 Å². The lowest BCUT2D eigenvalue weighted by atomic mass is 10.0. The molecule has 4 aromatic rings. The lowest BCUT2D eigenvalue weighted by molar-refractivity contribution is 0.0693. The molecule has 2 N–H and O–H groups in total. The number of rotatable bonds is 8. The number of carbonyl (C=O) groups excluding carboxylic acids is 1. The van der Waals surface area contributed by atoms with Crippen LogP contribution in [0.1, 0.15) is 52.2 Å². The van der Waals surface area contributed by atoms with Crippen molar-refractivity contribution in [2.45, 2.75) is 51.5 Å². The number of halogens is 1. The summed E-state index contributed by atoms with van der Waals surface area (Å²) in [6.07, 6.45) is 3.07. The number of aliphatic hydroxyl groups is 1. The van der Waals surface area contributed by atoms with Crippen molar-refractivity contribution in [3.63, 3.8) is 0 Å². The van der Waals surface area contributed by atoms with Crippen molar-refractivity contribution >= 4 is 39.1 Å². The second kappa shape index (κ2) is 11.2. The fourth-order valence-electron chi connectivity index (χ4n) is 5.06. The average Bonchev–Trinajstić information content (AvgIpc) is 3.56. The number of fused-ring (bicyclic) bond motifs is 1. The van der Waals surface area contributed by atoms with Crippen LogP contribution < -0.4 is 10.7 Å². The molecule has 3 heterocycles. The summed E-state index contributed by atoms with van der Waals surface area (Å²) in [4.78, 5) is 30.6. The summed E-state index contributed by atoms with van der Waals surface area (Å²) in [5, 5.41) is 15.1. The molecule has 2 aromatic carbocycles. The number of amides is 1. The van der Waals surface area contributed by atoms with Crippen LogP contribution in [-0.2, 0) is 19.6 Å². The number of likely N-dealkylation sites (tertiary alicyclic amines) is 1. The van der Waals surface area contributed by atoms with E-state index in [4.69, 9.17) is 11.6 Å². The first-order valence-electron chi connectivity index (χ1n) is 12.6. The Hall–Kier alpha value is -2.97. The highest BCUT2D eigenvalue weighted by Crippen LogP contribution is 2.33. The molecule has 1 amide bonds. The molecule has 0 bridgehead atoms. The van der Waals surface area contributed by atoms with E-state index in [0.717, 1.165) is 40.2 Å². The van der Waals surface area contributed by atoms with Crippen LogP contribution in [0.3, 0.4) is 0 Å². The minimum atomic E-state index is -0.551. The van der Waals surface area contributed by atoms with Crippen LogP contribution >= 0.6 is 22.9 Å². The molecule has 8 heteroatoms. The van der Waals surface area contributed by atoms with Crippen LogP contribution in [0.4, 0.5) is 0 Å². The summed E-state index contributed by atoms with van der Waals surface area (Å²) >= 11 is 7.53. The van der Waals surface area contributed by atoms with Gasteiger partial charge in [0.15, 0.2) is 0 Å². The molecule has 5 rings (SSSR count). The number of thiophene rings is 1. The first-order valence-corrected chi connectivity index (χ1v) is 13.8. The molecule has 37 heavy (non-hydrogen) atoms. The van der Waals surface area contributed by atoms with Gasteiger partial charge in [0.05, 0.1) is 11.5 Å². The maximum atomic E-state index is 13.4. The van der Waals surface area contributed by atoms with Crippen LogP contribution in [0.5, 0.6) is 0 Å². The predicted molar refractivity (Wildman–Crippen MR) is 149 cm³/mol. The largest absolute Gasteiger partial charge is 0.387 e. The summed E-state index contributed by atoms with van der Waals surface area (Å²) in [6.45, 7) is 4.53. The fourth-order valence-corrected chi connectivity index (χ4v) is 6.40. The Balaban J connectivity index is 1.37. The molecule has 1 aliphatic heterocycles. The normalized spacial score (nSPS) is 16.8. The first kappa shape index (κ1) is 25.7. The highest BCUT2D eigenvalue weighted by atomic mass is 35.5. The highest BCUT2D eigenvalue weighted by Gasteiger charge is 2.32. The van der Waals surface area contributed by atoms with Gasteiger partial charge in [0.2, 0.25) is 5.43 Å². The molecule has 0 spiro atoms. The monoisotopic (exact) mass is 535 g/mol. The number of carbonyl (C=O) groups is 1. The van der Waals surface area contributed by atoms with Crippen LogP contribution in [0.2, 0.25) is 5.02 Å². The van der Waals surface area contributed by atoms with Crippen molar-refractivity contribution in [2.24, 2.45) is 0 Å². The van der Waals surface area contributed by atoms with Gasteiger partial charge < -0.3 is 15.0 Å². The molecule has 2 aromatic heterocycles. The molecular formula is C29H30ClN3O3S. The number of nitrogens with one attached hydrogen (secondary N) is 1. The number of pyridine rings is 1. The van der Waals surface area contributed by atoms with E-state index < -0.39 is 6.10 Å². The molecule has 2 atom stereocenters. The van der Waals surface area contributed by atoms with Gasteiger partial charge in [-0.2, -0.15) is 0 Å². The third-order valence-corrected chi connectivity index (χ3v) is 8.44. The molecule has 1 fully saturated rings. The summed E-state index contributed by atoms with van der Waals surface area (Å²) in [7, 11) is 0. The van der Waals surface area contributed by atoms with Gasteiger partial charge in [0, 0.05) is 41.8 Å². The molecule has 192 valence electrons. The number of aromatic nitrogens is 1. The molecule has 6 nitrogen and oxygen atoms in total. The number of aliphatic hydroxyl groups excluding tert-OH is 1. The Labute approximate surface area is 225 Å². The topological polar surface area (TPSA) is 74.6 Å². The molecule has 0 saturated carbocycles. The summed E-state index contributed by atoms with van der Waals surface area (Å²) in [5.74, 6) is -0.387. The van der Waals surface area contributed by atoms with Crippen LogP contribution in [0, 0.1) is 0 Å². The minimum absolute atomic E-state index is 0.0341. The minimum Gasteiger partial charge on any atom is -0.387 e. The Morgan fingerprint density at radius 2 is 1.95 bits per heavy atom. The van der Waals surface area contributed by atoms with Gasteiger partial charge in [0.1, 0.15) is 10.4 Å². The average molecular weight is 536 g/mol.